The molecule has 0 N–H and O–H groups in total. The standard InChI is InChI=1S/C19H18FN5O/c1-12(26)19-9-13-11-22-25(17-6-3-15(20)4-7-17)18(13)8-14(19)2-5-16(10-19)23-24-21/h3-4,6-8,11,16H,2,5,9-10H2,1H3/t16-,19+/m0/s1. The summed E-state index contributed by atoms with van der Waals surface area (Å²) in [5, 5.41) is 8.32. The van der Waals surface area contributed by atoms with Crippen molar-refractivity contribution in [1.82, 2.24) is 9.78 Å². The van der Waals surface area contributed by atoms with Crippen molar-refractivity contribution in [2.45, 2.75) is 38.6 Å². The number of hydrogen-bond acceptors (Lipinski definition) is 3. The number of benzene rings is 1. The molecule has 1 saturated carbocycles. The minimum atomic E-state index is -0.610. The molecule has 1 aromatic heterocycles. The van der Waals surface area contributed by atoms with E-state index in [9.17, 15) is 9.18 Å². The second-order valence-corrected chi connectivity index (χ2v) is 7.03. The maximum Gasteiger partial charge on any atom is 0.140 e. The lowest BCUT2D eigenvalue weighted by Gasteiger charge is -2.42. The fraction of sp³-hybridized carbons (Fsp3) is 0.368. The highest BCUT2D eigenvalue weighted by atomic mass is 19.1. The predicted molar refractivity (Wildman–Crippen MR) is 95.1 cm³/mol. The second kappa shape index (κ2) is 6.11. The Kier molecular flexibility index (Phi) is 3.89. The van der Waals surface area contributed by atoms with Crippen molar-refractivity contribution < 1.29 is 9.18 Å². The fourth-order valence-electron chi connectivity index (χ4n) is 4.22. The van der Waals surface area contributed by atoms with Crippen LogP contribution >= 0.6 is 0 Å². The van der Waals surface area contributed by atoms with Crippen molar-refractivity contribution in [3.05, 3.63) is 63.6 Å². The Balaban J connectivity index is 1.78. The Morgan fingerprint density at radius 2 is 2.19 bits per heavy atom. The number of halogens is 1. The van der Waals surface area contributed by atoms with Crippen LogP contribution in [0.25, 0.3) is 22.2 Å². The Labute approximate surface area is 150 Å². The van der Waals surface area contributed by atoms with Crippen LogP contribution in [0.2, 0.25) is 0 Å². The van der Waals surface area contributed by atoms with E-state index in [0.29, 0.717) is 12.8 Å². The summed E-state index contributed by atoms with van der Waals surface area (Å²) >= 11 is 0. The Morgan fingerprint density at radius 1 is 1.42 bits per heavy atom. The Hall–Kier alpha value is -2.92. The van der Waals surface area contributed by atoms with Crippen LogP contribution in [0.3, 0.4) is 0 Å². The van der Waals surface area contributed by atoms with Gasteiger partial charge in [0, 0.05) is 11.0 Å². The molecule has 1 fully saturated rings. The van der Waals surface area contributed by atoms with Gasteiger partial charge in [-0.2, -0.15) is 5.10 Å². The van der Waals surface area contributed by atoms with Gasteiger partial charge in [-0.3, -0.25) is 4.79 Å². The zero-order valence-corrected chi connectivity index (χ0v) is 14.4. The molecule has 0 saturated heterocycles. The van der Waals surface area contributed by atoms with E-state index in [-0.39, 0.29) is 17.6 Å². The first-order valence-corrected chi connectivity index (χ1v) is 8.62. The number of rotatable bonds is 3. The second-order valence-electron chi connectivity index (χ2n) is 7.03. The third-order valence-electron chi connectivity index (χ3n) is 5.60. The van der Waals surface area contributed by atoms with Crippen molar-refractivity contribution in [2.75, 3.05) is 0 Å². The van der Waals surface area contributed by atoms with E-state index < -0.39 is 5.41 Å². The summed E-state index contributed by atoms with van der Waals surface area (Å²) in [6, 6.07) is 6.03. The lowest BCUT2D eigenvalue weighted by molar-refractivity contribution is -0.125. The molecule has 2 aliphatic carbocycles. The predicted octanol–water partition coefficient (Wildman–Crippen LogP) is 4.39. The number of azide groups is 1. The van der Waals surface area contributed by atoms with E-state index in [2.05, 4.69) is 15.1 Å². The molecule has 1 heterocycles. The molecule has 6 nitrogen and oxygen atoms in total. The van der Waals surface area contributed by atoms with Crippen molar-refractivity contribution in [1.29, 1.82) is 0 Å². The monoisotopic (exact) mass is 351 g/mol. The average Bonchev–Trinajstić information content (AvgIpc) is 3.03. The number of carbonyl (C=O) groups excluding carboxylic acids is 1. The average molecular weight is 351 g/mol. The van der Waals surface area contributed by atoms with Crippen LogP contribution in [0.5, 0.6) is 0 Å². The van der Waals surface area contributed by atoms with Gasteiger partial charge in [-0.25, -0.2) is 9.07 Å². The van der Waals surface area contributed by atoms with Crippen LogP contribution in [-0.4, -0.2) is 21.6 Å². The van der Waals surface area contributed by atoms with Gasteiger partial charge in [0.15, 0.2) is 0 Å². The third kappa shape index (κ3) is 2.52. The number of ketones is 1. The first-order valence-electron chi connectivity index (χ1n) is 8.62. The summed E-state index contributed by atoms with van der Waals surface area (Å²) in [7, 11) is 0. The number of fused-ring (bicyclic) bond motifs is 2. The minimum Gasteiger partial charge on any atom is -0.299 e. The highest BCUT2D eigenvalue weighted by molar-refractivity contribution is 5.89. The van der Waals surface area contributed by atoms with E-state index in [1.165, 1.54) is 12.1 Å². The smallest absolute Gasteiger partial charge is 0.140 e. The number of hydrogen-bond donors (Lipinski definition) is 0. The van der Waals surface area contributed by atoms with Gasteiger partial charge in [-0.05, 0) is 74.0 Å². The van der Waals surface area contributed by atoms with Crippen molar-refractivity contribution in [3.63, 3.8) is 0 Å². The minimum absolute atomic E-state index is 0.0989. The van der Waals surface area contributed by atoms with Crippen LogP contribution in [0, 0.1) is 11.2 Å². The van der Waals surface area contributed by atoms with Crippen LogP contribution < -0.4 is 0 Å². The van der Waals surface area contributed by atoms with Gasteiger partial charge >= 0.3 is 0 Å². The van der Waals surface area contributed by atoms with Crippen LogP contribution in [-0.2, 0) is 11.2 Å². The van der Waals surface area contributed by atoms with Gasteiger partial charge in [0.25, 0.3) is 0 Å². The Bertz CT molecular complexity index is 955. The van der Waals surface area contributed by atoms with Gasteiger partial charge in [0.2, 0.25) is 0 Å². The molecule has 0 radical (unpaired) electrons. The SMILES string of the molecule is CC(=O)[C@]12Cc3cnn(-c4ccc(F)cc4)c3C=C1CC[C@H](N=[N+]=[N-])C2. The topological polar surface area (TPSA) is 83.7 Å². The number of aromatic nitrogens is 2. The molecule has 0 bridgehead atoms. The van der Waals surface area contributed by atoms with Crippen molar-refractivity contribution in [2.24, 2.45) is 10.5 Å². The number of allylic oxidation sites excluding steroid dienone is 1. The molecule has 26 heavy (non-hydrogen) atoms. The number of nitrogens with zero attached hydrogens (tertiary/aromatic N) is 5. The molecule has 4 rings (SSSR count). The Morgan fingerprint density at radius 3 is 2.88 bits per heavy atom. The van der Waals surface area contributed by atoms with Gasteiger partial charge in [0.05, 0.1) is 23.0 Å². The number of Topliss-reactive ketones (excluding diaryl/α,β-unsaturated/α-hetero) is 1. The van der Waals surface area contributed by atoms with Crippen LogP contribution in [0.15, 0.2) is 41.1 Å². The third-order valence-corrected chi connectivity index (χ3v) is 5.60. The van der Waals surface area contributed by atoms with Gasteiger partial charge in [-0.15, -0.1) is 0 Å². The first kappa shape index (κ1) is 16.5. The number of carbonyl (C=O) groups is 1. The largest absolute Gasteiger partial charge is 0.299 e. The van der Waals surface area contributed by atoms with Crippen molar-refractivity contribution >= 4 is 11.9 Å². The quantitative estimate of drug-likeness (QED) is 0.467. The maximum absolute atomic E-state index is 13.2. The van der Waals surface area contributed by atoms with Crippen molar-refractivity contribution in [3.8, 4) is 5.69 Å². The maximum atomic E-state index is 13.2. The molecule has 1 aromatic carbocycles. The molecule has 0 amide bonds. The molecule has 0 spiro atoms. The lowest BCUT2D eigenvalue weighted by atomic mass is 9.61. The fourth-order valence-corrected chi connectivity index (χ4v) is 4.22. The van der Waals surface area contributed by atoms with Gasteiger partial charge < -0.3 is 0 Å². The van der Waals surface area contributed by atoms with Gasteiger partial charge in [-0.1, -0.05) is 10.7 Å². The van der Waals surface area contributed by atoms with Crippen LogP contribution in [0.4, 0.5) is 4.39 Å². The molecule has 2 aromatic rings. The lowest BCUT2D eigenvalue weighted by Crippen LogP contribution is -2.42. The summed E-state index contributed by atoms with van der Waals surface area (Å²) in [6.07, 6.45) is 6.38. The summed E-state index contributed by atoms with van der Waals surface area (Å²) in [6.45, 7) is 1.61. The molecule has 132 valence electrons. The zero-order chi connectivity index (χ0) is 18.3. The normalized spacial score (nSPS) is 24.1. The van der Waals surface area contributed by atoms with E-state index in [0.717, 1.165) is 35.4 Å². The molecule has 7 heteroatoms. The summed E-state index contributed by atoms with van der Waals surface area (Å²) in [5.74, 6) is -0.193. The first-order chi connectivity index (χ1) is 12.5. The highest BCUT2D eigenvalue weighted by Gasteiger charge is 2.46. The van der Waals surface area contributed by atoms with E-state index >= 15 is 0 Å². The summed E-state index contributed by atoms with van der Waals surface area (Å²) in [4.78, 5) is 15.5. The van der Waals surface area contributed by atoms with E-state index in [1.807, 2.05) is 6.08 Å². The summed E-state index contributed by atoms with van der Waals surface area (Å²) in [5.41, 5.74) is 11.9. The molecule has 2 atom stereocenters. The van der Waals surface area contributed by atoms with E-state index in [1.54, 1.807) is 29.9 Å². The highest BCUT2D eigenvalue weighted by Crippen LogP contribution is 2.49. The molecule has 0 unspecified atom stereocenters. The molecular formula is C19H18FN5O. The molecule has 0 aliphatic heterocycles. The molecule has 2 aliphatic rings. The zero-order valence-electron chi connectivity index (χ0n) is 14.4. The van der Waals surface area contributed by atoms with E-state index in [4.69, 9.17) is 5.53 Å². The van der Waals surface area contributed by atoms with Crippen LogP contribution in [0.1, 0.15) is 37.4 Å². The molecular weight excluding hydrogens is 333 g/mol. The summed E-state index contributed by atoms with van der Waals surface area (Å²) < 4.78 is 15.0. The van der Waals surface area contributed by atoms with Gasteiger partial charge in [0.1, 0.15) is 11.6 Å².